The van der Waals surface area contributed by atoms with E-state index in [1.807, 2.05) is 0 Å². The smallest absolute Gasteiger partial charge is 0.339 e. The summed E-state index contributed by atoms with van der Waals surface area (Å²) in [6.45, 7) is 2.39. The number of nitrogens with zero attached hydrogens (tertiary/aromatic N) is 1. The van der Waals surface area contributed by atoms with Gasteiger partial charge in [-0.2, -0.15) is 4.31 Å². The number of sulfonamides is 1. The molecule has 9 nitrogen and oxygen atoms in total. The van der Waals surface area contributed by atoms with Crippen LogP contribution in [-0.2, 0) is 19.6 Å². The quantitative estimate of drug-likeness (QED) is 0.612. The normalized spacial score (nSPS) is 16.8. The number of carbonyl (C=O) groups is 2. The van der Waals surface area contributed by atoms with Crippen LogP contribution in [0.15, 0.2) is 41.3 Å². The molecule has 0 aliphatic carbocycles. The van der Waals surface area contributed by atoms with Crippen molar-refractivity contribution in [2.75, 3.05) is 25.2 Å². The highest BCUT2D eigenvalue weighted by atomic mass is 35.5. The average Bonchev–Trinajstić information content (AvgIpc) is 3.28. The second-order valence-corrected chi connectivity index (χ2v) is 10.1. The lowest BCUT2D eigenvalue weighted by molar-refractivity contribution is -0.123. The number of amides is 1. The predicted molar refractivity (Wildman–Crippen MR) is 120 cm³/mol. The number of hydrogen-bond donors (Lipinski definition) is 1. The number of anilines is 1. The van der Waals surface area contributed by atoms with Gasteiger partial charge in [-0.05, 0) is 56.2 Å². The summed E-state index contributed by atoms with van der Waals surface area (Å²) in [5.41, 5.74) is 0.317. The molecule has 33 heavy (non-hydrogen) atoms. The molecule has 176 valence electrons. The molecule has 1 amide bonds. The lowest BCUT2D eigenvalue weighted by Crippen LogP contribution is -2.35. The minimum Gasteiger partial charge on any atom is -0.454 e. The molecule has 0 radical (unpaired) electrons. The van der Waals surface area contributed by atoms with Gasteiger partial charge < -0.3 is 19.5 Å². The van der Waals surface area contributed by atoms with E-state index in [4.69, 9.17) is 25.8 Å². The lowest BCUT2D eigenvalue weighted by atomic mass is 10.2. The number of carbonyl (C=O) groups excluding carboxylic acids is 2. The molecule has 1 N–H and O–H groups in total. The molecule has 0 aromatic heterocycles. The number of rotatable bonds is 6. The Labute approximate surface area is 196 Å². The van der Waals surface area contributed by atoms with E-state index in [-0.39, 0.29) is 28.0 Å². The highest BCUT2D eigenvalue weighted by Crippen LogP contribution is 2.33. The number of halogens is 1. The van der Waals surface area contributed by atoms with Crippen LogP contribution in [0.3, 0.4) is 0 Å². The highest BCUT2D eigenvalue weighted by molar-refractivity contribution is 7.89. The zero-order valence-corrected chi connectivity index (χ0v) is 19.4. The maximum Gasteiger partial charge on any atom is 0.339 e. The molecule has 1 fully saturated rings. The van der Waals surface area contributed by atoms with Crippen LogP contribution in [0.1, 0.15) is 36.5 Å². The number of piperidine rings is 1. The maximum absolute atomic E-state index is 12.9. The minimum absolute atomic E-state index is 0.0362. The summed E-state index contributed by atoms with van der Waals surface area (Å²) in [5, 5.41) is 2.71. The van der Waals surface area contributed by atoms with Gasteiger partial charge in [0, 0.05) is 13.1 Å². The van der Waals surface area contributed by atoms with Crippen molar-refractivity contribution < 1.29 is 32.2 Å². The fraction of sp³-hybridized carbons (Fsp3) is 0.364. The third kappa shape index (κ3) is 5.07. The summed E-state index contributed by atoms with van der Waals surface area (Å²) in [5.74, 6) is -0.437. The third-order valence-corrected chi connectivity index (χ3v) is 7.63. The largest absolute Gasteiger partial charge is 0.454 e. The van der Waals surface area contributed by atoms with E-state index in [1.54, 1.807) is 6.07 Å². The van der Waals surface area contributed by atoms with Crippen molar-refractivity contribution in [3.63, 3.8) is 0 Å². The van der Waals surface area contributed by atoms with E-state index in [1.165, 1.54) is 41.6 Å². The molecule has 4 rings (SSSR count). The van der Waals surface area contributed by atoms with Crippen molar-refractivity contribution in [3.05, 3.63) is 47.0 Å². The molecule has 1 saturated heterocycles. The number of nitrogens with one attached hydrogen (secondary N) is 1. The predicted octanol–water partition coefficient (Wildman–Crippen LogP) is 3.43. The number of esters is 1. The van der Waals surface area contributed by atoms with Crippen molar-refractivity contribution in [2.45, 2.75) is 37.2 Å². The van der Waals surface area contributed by atoms with Gasteiger partial charge in [-0.25, -0.2) is 13.2 Å². The van der Waals surface area contributed by atoms with Crippen molar-refractivity contribution in [1.82, 2.24) is 4.31 Å². The fourth-order valence-electron chi connectivity index (χ4n) is 3.55. The first kappa shape index (κ1) is 23.3. The number of hydrogen-bond acceptors (Lipinski definition) is 7. The maximum atomic E-state index is 12.9. The van der Waals surface area contributed by atoms with Crippen LogP contribution < -0.4 is 14.8 Å². The molecule has 2 aliphatic rings. The number of benzene rings is 2. The van der Waals surface area contributed by atoms with Crippen LogP contribution in [0.5, 0.6) is 11.5 Å². The SMILES string of the molecule is CC(OC(=O)c1ccc2c(c1)OCO2)C(=O)Nc1cc(S(=O)(=O)N2CCCCC2)ccc1Cl. The molecule has 0 bridgehead atoms. The molecule has 0 saturated carbocycles. The Bertz CT molecular complexity index is 1180. The van der Waals surface area contributed by atoms with Gasteiger partial charge in [0.2, 0.25) is 16.8 Å². The van der Waals surface area contributed by atoms with Gasteiger partial charge in [-0.1, -0.05) is 18.0 Å². The second-order valence-electron chi connectivity index (χ2n) is 7.71. The lowest BCUT2D eigenvalue weighted by Gasteiger charge is -2.26. The van der Waals surface area contributed by atoms with Gasteiger partial charge in [-0.15, -0.1) is 0 Å². The van der Waals surface area contributed by atoms with Gasteiger partial charge in [0.1, 0.15) is 0 Å². The Kier molecular flexibility index (Phi) is 6.78. The number of ether oxygens (including phenoxy) is 3. The molecular formula is C22H23ClN2O7S. The van der Waals surface area contributed by atoms with Crippen molar-refractivity contribution >= 4 is 39.2 Å². The fourth-order valence-corrected chi connectivity index (χ4v) is 5.26. The van der Waals surface area contributed by atoms with E-state index >= 15 is 0 Å². The minimum atomic E-state index is -3.70. The third-order valence-electron chi connectivity index (χ3n) is 5.41. The summed E-state index contributed by atoms with van der Waals surface area (Å²) in [7, 11) is -3.70. The Morgan fingerprint density at radius 1 is 1.06 bits per heavy atom. The topological polar surface area (TPSA) is 111 Å². The second kappa shape index (κ2) is 9.58. The Hall–Kier alpha value is -2.82. The zero-order valence-electron chi connectivity index (χ0n) is 17.9. The molecule has 2 aromatic rings. The summed E-state index contributed by atoms with van der Waals surface area (Å²) in [6.07, 6.45) is 1.45. The first-order chi connectivity index (χ1) is 15.8. The van der Waals surface area contributed by atoms with Gasteiger partial charge in [0.05, 0.1) is 21.2 Å². The molecular weight excluding hydrogens is 472 g/mol. The standard InChI is InChI=1S/C22H23ClN2O7S/c1-14(32-22(27)15-5-8-19-20(11-15)31-13-30-19)21(26)24-18-12-16(6-7-17(18)23)33(28,29)25-9-3-2-4-10-25/h5-8,11-12,14H,2-4,9-10,13H2,1H3,(H,24,26). The first-order valence-electron chi connectivity index (χ1n) is 10.5. The summed E-state index contributed by atoms with van der Waals surface area (Å²) in [4.78, 5) is 25.1. The molecule has 0 spiro atoms. The van der Waals surface area contributed by atoms with Gasteiger partial charge >= 0.3 is 5.97 Å². The molecule has 11 heteroatoms. The van der Waals surface area contributed by atoms with E-state index in [0.717, 1.165) is 19.3 Å². The molecule has 1 unspecified atom stereocenters. The van der Waals surface area contributed by atoms with Gasteiger partial charge in [-0.3, -0.25) is 4.79 Å². The van der Waals surface area contributed by atoms with Crippen LogP contribution in [0.4, 0.5) is 5.69 Å². The van der Waals surface area contributed by atoms with E-state index in [9.17, 15) is 18.0 Å². The van der Waals surface area contributed by atoms with Gasteiger partial charge in [0.15, 0.2) is 17.6 Å². The van der Waals surface area contributed by atoms with Gasteiger partial charge in [0.25, 0.3) is 5.91 Å². The number of fused-ring (bicyclic) bond motifs is 1. The molecule has 1 atom stereocenters. The van der Waals surface area contributed by atoms with Crippen molar-refractivity contribution in [1.29, 1.82) is 0 Å². The van der Waals surface area contributed by atoms with Crippen LogP contribution in [0, 0.1) is 0 Å². The Morgan fingerprint density at radius 3 is 2.55 bits per heavy atom. The van der Waals surface area contributed by atoms with Crippen molar-refractivity contribution in [3.8, 4) is 11.5 Å². The highest BCUT2D eigenvalue weighted by Gasteiger charge is 2.27. The van der Waals surface area contributed by atoms with E-state index < -0.39 is 28.0 Å². The van der Waals surface area contributed by atoms with Crippen molar-refractivity contribution in [2.24, 2.45) is 0 Å². The van der Waals surface area contributed by atoms with E-state index in [0.29, 0.717) is 24.6 Å². The first-order valence-corrected chi connectivity index (χ1v) is 12.3. The molecule has 2 aliphatic heterocycles. The van der Waals surface area contributed by atoms with Crippen LogP contribution in [-0.4, -0.2) is 50.6 Å². The van der Waals surface area contributed by atoms with Crippen LogP contribution in [0.25, 0.3) is 0 Å². The average molecular weight is 495 g/mol. The summed E-state index contributed by atoms with van der Waals surface area (Å²) < 4.78 is 43.0. The van der Waals surface area contributed by atoms with Crippen LogP contribution in [0.2, 0.25) is 5.02 Å². The van der Waals surface area contributed by atoms with Crippen LogP contribution >= 0.6 is 11.6 Å². The van der Waals surface area contributed by atoms with E-state index in [2.05, 4.69) is 5.32 Å². The molecule has 2 aromatic carbocycles. The summed E-state index contributed by atoms with van der Waals surface area (Å²) >= 11 is 6.18. The molecule has 2 heterocycles. The summed E-state index contributed by atoms with van der Waals surface area (Å²) in [6, 6.07) is 8.70. The zero-order chi connectivity index (χ0) is 23.6. The Balaban J connectivity index is 1.44. The monoisotopic (exact) mass is 494 g/mol. The Morgan fingerprint density at radius 2 is 1.79 bits per heavy atom.